The van der Waals surface area contributed by atoms with Gasteiger partial charge in [0.1, 0.15) is 22.7 Å². The monoisotopic (exact) mass is 523 g/mol. The summed E-state index contributed by atoms with van der Waals surface area (Å²) < 4.78 is 16.6. The van der Waals surface area contributed by atoms with Crippen molar-refractivity contribution in [3.63, 3.8) is 0 Å². The van der Waals surface area contributed by atoms with Crippen LogP contribution in [0.25, 0.3) is 0 Å². The number of esters is 1. The molecule has 0 amide bonds. The number of hydrogen-bond acceptors (Lipinski definition) is 6. The fraction of sp³-hybridized carbons (Fsp3) is 0.300. The highest BCUT2D eigenvalue weighted by Crippen LogP contribution is 2.33. The molecule has 0 saturated heterocycles. The van der Waals surface area contributed by atoms with E-state index in [-0.39, 0.29) is 23.4 Å². The van der Waals surface area contributed by atoms with Gasteiger partial charge in [0.25, 0.3) is 0 Å². The maximum Gasteiger partial charge on any atom is 0.344 e. The lowest BCUT2D eigenvalue weighted by Crippen LogP contribution is -2.27. The Hall–Kier alpha value is -3.42. The van der Waals surface area contributed by atoms with Crippen LogP contribution in [0, 0.1) is 0 Å². The molecule has 0 aliphatic carbocycles. The van der Waals surface area contributed by atoms with Crippen molar-refractivity contribution in [1.82, 2.24) is 0 Å². The van der Waals surface area contributed by atoms with E-state index in [1.165, 1.54) is 4.90 Å². The average molecular weight is 524 g/mol. The molecule has 37 heavy (non-hydrogen) atoms. The molecule has 0 spiro atoms. The van der Waals surface area contributed by atoms with Crippen molar-refractivity contribution in [2.45, 2.75) is 67.4 Å². The smallest absolute Gasteiger partial charge is 0.344 e. The Morgan fingerprint density at radius 3 is 1.76 bits per heavy atom. The molecule has 6 nitrogen and oxygen atoms in total. The van der Waals surface area contributed by atoms with Crippen LogP contribution in [-0.2, 0) is 30.2 Å². The fourth-order valence-corrected chi connectivity index (χ4v) is 5.18. The van der Waals surface area contributed by atoms with E-state index in [1.54, 1.807) is 0 Å². The van der Waals surface area contributed by atoms with Crippen molar-refractivity contribution in [2.75, 3.05) is 6.61 Å². The summed E-state index contributed by atoms with van der Waals surface area (Å²) in [5.74, 6) is 0.854. The van der Waals surface area contributed by atoms with Gasteiger partial charge in [0.2, 0.25) is 0 Å². The molecule has 0 aromatic heterocycles. The number of hydrogen-bond donors (Lipinski definition) is 0. The normalized spacial score (nSPS) is 12.4. The molecule has 7 heteroatoms. The number of rotatable bonds is 10. The van der Waals surface area contributed by atoms with Crippen LogP contribution in [0.4, 0.5) is 0 Å². The van der Waals surface area contributed by atoms with Crippen molar-refractivity contribution in [3.8, 4) is 11.5 Å². The molecular formula is C30H35O6S+. The average Bonchev–Trinajstić information content (AvgIpc) is 2.83. The molecule has 1 atom stereocenters. The van der Waals surface area contributed by atoms with E-state index in [0.29, 0.717) is 11.5 Å². The summed E-state index contributed by atoms with van der Waals surface area (Å²) >= 11 is 0. The molecular weight excluding hydrogens is 488 g/mol. The van der Waals surface area contributed by atoms with Gasteiger partial charge in [-0.2, -0.15) is 4.89 Å². The zero-order valence-electron chi connectivity index (χ0n) is 22.3. The third kappa shape index (κ3) is 9.52. The van der Waals surface area contributed by atoms with Crippen molar-refractivity contribution < 1.29 is 28.8 Å². The van der Waals surface area contributed by atoms with Crippen LogP contribution in [0.1, 0.15) is 41.5 Å². The summed E-state index contributed by atoms with van der Waals surface area (Å²) in [5.41, 5.74) is -1.02. The van der Waals surface area contributed by atoms with E-state index >= 15 is 0 Å². The lowest BCUT2D eigenvalue weighted by atomic mass is 10.2. The van der Waals surface area contributed by atoms with Gasteiger partial charge in [0, 0.05) is 0 Å². The first-order valence-electron chi connectivity index (χ1n) is 12.0. The number of carbonyl (C=O) groups is 1. The topological polar surface area (TPSA) is 63.2 Å². The number of benzene rings is 3. The molecule has 196 valence electrons. The highest BCUT2D eigenvalue weighted by Gasteiger charge is 2.29. The van der Waals surface area contributed by atoms with Gasteiger partial charge in [-0.3, -0.25) is 4.89 Å². The van der Waals surface area contributed by atoms with Crippen LogP contribution in [0.15, 0.2) is 106 Å². The maximum atomic E-state index is 12.0. The van der Waals surface area contributed by atoms with Crippen molar-refractivity contribution >= 4 is 16.9 Å². The van der Waals surface area contributed by atoms with Gasteiger partial charge in [-0.25, -0.2) is 4.79 Å². The predicted molar refractivity (Wildman–Crippen MR) is 145 cm³/mol. The second kappa shape index (κ2) is 12.2. The Balaban J connectivity index is 1.74. The Bertz CT molecular complexity index is 1160. The van der Waals surface area contributed by atoms with E-state index < -0.39 is 17.2 Å². The van der Waals surface area contributed by atoms with Crippen molar-refractivity contribution in [1.29, 1.82) is 0 Å². The molecule has 0 fully saturated rings. The van der Waals surface area contributed by atoms with Crippen LogP contribution in [0.2, 0.25) is 0 Å². The van der Waals surface area contributed by atoms with Crippen molar-refractivity contribution in [3.05, 3.63) is 91.4 Å². The Kier molecular flexibility index (Phi) is 9.29. The Morgan fingerprint density at radius 2 is 1.24 bits per heavy atom. The molecule has 3 aromatic carbocycles. The summed E-state index contributed by atoms with van der Waals surface area (Å²) in [6.45, 7) is 14.7. The minimum atomic E-state index is -0.546. The van der Waals surface area contributed by atoms with E-state index in [0.717, 1.165) is 9.79 Å². The molecule has 1 unspecified atom stereocenters. The molecule has 3 aromatic rings. The molecule has 0 N–H and O–H groups in total. The third-order valence-corrected chi connectivity index (χ3v) is 6.72. The van der Waals surface area contributed by atoms with Crippen molar-refractivity contribution in [2.24, 2.45) is 0 Å². The standard InChI is InChI=1S/C30H35O6S/c1-22(35-36-30(5,6)7)33-24-15-19-27(20-16-24)37(25-11-9-8-10-12-25)26-17-13-23(14-18-26)32-21-28(31)34-29(2,3)4/h8-20H,1,21H2,2-7H3/q+1. The van der Waals surface area contributed by atoms with Gasteiger partial charge in [-0.05, 0) is 109 Å². The van der Waals surface area contributed by atoms with E-state index in [1.807, 2.05) is 108 Å². The quantitative estimate of drug-likeness (QED) is 0.0929. The highest BCUT2D eigenvalue weighted by molar-refractivity contribution is 7.97. The molecule has 0 bridgehead atoms. The van der Waals surface area contributed by atoms with Gasteiger partial charge in [-0.1, -0.05) is 18.2 Å². The second-order valence-electron chi connectivity index (χ2n) is 10.2. The molecule has 3 rings (SSSR count). The summed E-state index contributed by atoms with van der Waals surface area (Å²) in [6.07, 6.45) is 0. The van der Waals surface area contributed by atoms with Crippen LogP contribution in [0.5, 0.6) is 11.5 Å². The summed E-state index contributed by atoms with van der Waals surface area (Å²) in [6, 6.07) is 25.9. The van der Waals surface area contributed by atoms with Gasteiger partial charge >= 0.3 is 11.9 Å². The largest absolute Gasteiger partial charge is 0.482 e. The minimum absolute atomic E-state index is 0.0618. The maximum absolute atomic E-state index is 12.0. The van der Waals surface area contributed by atoms with Gasteiger partial charge < -0.3 is 14.2 Å². The van der Waals surface area contributed by atoms with E-state index in [9.17, 15) is 4.79 Å². The first kappa shape index (κ1) is 28.2. The van der Waals surface area contributed by atoms with E-state index in [4.69, 9.17) is 24.0 Å². The summed E-state index contributed by atoms with van der Waals surface area (Å²) in [7, 11) is -0.366. The molecule has 0 aliphatic heterocycles. The number of carbonyl (C=O) groups excluding carboxylic acids is 1. The van der Waals surface area contributed by atoms with Gasteiger partial charge in [0.15, 0.2) is 21.3 Å². The molecule has 0 saturated carbocycles. The third-order valence-electron chi connectivity index (χ3n) is 4.49. The van der Waals surface area contributed by atoms with Crippen LogP contribution in [-0.4, -0.2) is 23.8 Å². The Morgan fingerprint density at radius 1 is 0.730 bits per heavy atom. The van der Waals surface area contributed by atoms with Gasteiger partial charge in [-0.15, -0.1) is 0 Å². The van der Waals surface area contributed by atoms with Gasteiger partial charge in [0.05, 0.1) is 10.9 Å². The van der Waals surface area contributed by atoms with E-state index in [2.05, 4.69) is 18.7 Å². The fourth-order valence-electron chi connectivity index (χ4n) is 3.11. The zero-order valence-corrected chi connectivity index (χ0v) is 23.1. The lowest BCUT2D eigenvalue weighted by molar-refractivity contribution is -0.337. The predicted octanol–water partition coefficient (Wildman–Crippen LogP) is 7.10. The first-order valence-corrected chi connectivity index (χ1v) is 13.2. The first-order chi connectivity index (χ1) is 17.4. The molecule has 0 radical (unpaired) electrons. The highest BCUT2D eigenvalue weighted by atomic mass is 32.2. The van der Waals surface area contributed by atoms with Crippen LogP contribution < -0.4 is 9.47 Å². The second-order valence-corrected chi connectivity index (χ2v) is 12.2. The molecule has 0 aliphatic rings. The Labute approximate surface area is 222 Å². The summed E-state index contributed by atoms with van der Waals surface area (Å²) in [4.78, 5) is 25.7. The number of ether oxygens (including phenoxy) is 3. The lowest BCUT2D eigenvalue weighted by Gasteiger charge is -2.19. The zero-order chi connectivity index (χ0) is 27.1. The van der Waals surface area contributed by atoms with Crippen LogP contribution in [0.3, 0.4) is 0 Å². The minimum Gasteiger partial charge on any atom is -0.482 e. The van der Waals surface area contributed by atoms with Crippen LogP contribution >= 0.6 is 0 Å². The SMILES string of the molecule is C=C(OOC(C)(C)C)Oc1ccc([S+](c2ccccc2)c2ccc(OCC(=O)OC(C)(C)C)cc2)cc1. The molecule has 0 heterocycles. The summed E-state index contributed by atoms with van der Waals surface area (Å²) in [5, 5.41) is 0.